The molecule has 0 spiro atoms. The first-order chi connectivity index (χ1) is 8.13. The predicted molar refractivity (Wildman–Crippen MR) is 65.1 cm³/mol. The van der Waals surface area contributed by atoms with E-state index in [-0.39, 0.29) is 11.4 Å². The molecule has 2 aromatic heterocycles. The van der Waals surface area contributed by atoms with Crippen LogP contribution in [0.25, 0.3) is 0 Å². The van der Waals surface area contributed by atoms with Crippen LogP contribution in [0.4, 0.5) is 5.69 Å². The molecule has 0 aliphatic rings. The molecule has 0 radical (unpaired) electrons. The van der Waals surface area contributed by atoms with Gasteiger partial charge >= 0.3 is 0 Å². The number of nitrogens with one attached hydrogen (secondary N) is 1. The highest BCUT2D eigenvalue weighted by atomic mass is 32.2. The van der Waals surface area contributed by atoms with E-state index in [1.54, 1.807) is 5.38 Å². The van der Waals surface area contributed by atoms with Crippen molar-refractivity contribution in [2.45, 2.75) is 11.4 Å². The first-order valence-electron chi connectivity index (χ1n) is 4.68. The van der Waals surface area contributed by atoms with E-state index in [4.69, 9.17) is 5.73 Å². The van der Waals surface area contributed by atoms with Crippen molar-refractivity contribution in [3.8, 4) is 0 Å². The minimum Gasteiger partial charge on any atom is -0.326 e. The van der Waals surface area contributed by atoms with E-state index in [1.807, 2.05) is 0 Å². The van der Waals surface area contributed by atoms with Crippen molar-refractivity contribution < 1.29 is 8.42 Å². The molecule has 8 heteroatoms. The molecule has 0 unspecified atom stereocenters. The van der Waals surface area contributed by atoms with Gasteiger partial charge in [-0.1, -0.05) is 0 Å². The predicted octanol–water partition coefficient (Wildman–Crippen LogP) is 0.798. The zero-order chi connectivity index (χ0) is 12.3. The van der Waals surface area contributed by atoms with Crippen LogP contribution in [0.15, 0.2) is 35.1 Å². The lowest BCUT2D eigenvalue weighted by Crippen LogP contribution is -2.14. The van der Waals surface area contributed by atoms with E-state index >= 15 is 0 Å². The lowest BCUT2D eigenvalue weighted by atomic mass is 10.5. The molecule has 0 fully saturated rings. The molecule has 0 atom stereocenters. The second kappa shape index (κ2) is 4.78. The third kappa shape index (κ3) is 2.60. The lowest BCUT2D eigenvalue weighted by Gasteiger charge is -2.06. The summed E-state index contributed by atoms with van der Waals surface area (Å²) in [5.74, 6) is 0. The number of sulfonamides is 1. The van der Waals surface area contributed by atoms with Gasteiger partial charge in [0.2, 0.25) is 0 Å². The summed E-state index contributed by atoms with van der Waals surface area (Å²) in [6, 6.07) is 1.53. The van der Waals surface area contributed by atoms with Crippen LogP contribution < -0.4 is 10.5 Å². The molecule has 6 nitrogen and oxygen atoms in total. The highest BCUT2D eigenvalue weighted by Gasteiger charge is 2.19. The van der Waals surface area contributed by atoms with Gasteiger partial charge in [0.15, 0.2) is 0 Å². The molecular formula is C9H10N4O2S2. The maximum absolute atomic E-state index is 12.0. The van der Waals surface area contributed by atoms with Gasteiger partial charge in [-0.05, 0) is 11.4 Å². The van der Waals surface area contributed by atoms with Crippen molar-refractivity contribution in [2.75, 3.05) is 4.72 Å². The van der Waals surface area contributed by atoms with Crippen molar-refractivity contribution >= 4 is 27.0 Å². The molecule has 90 valence electrons. The van der Waals surface area contributed by atoms with Crippen LogP contribution in [0.2, 0.25) is 0 Å². The molecule has 17 heavy (non-hydrogen) atoms. The smallest absolute Gasteiger partial charge is 0.263 e. The number of aromatic nitrogens is 2. The molecule has 0 aliphatic carbocycles. The summed E-state index contributed by atoms with van der Waals surface area (Å²) in [5.41, 5.74) is 5.80. The zero-order valence-electron chi connectivity index (χ0n) is 8.70. The van der Waals surface area contributed by atoms with Crippen LogP contribution in [0.1, 0.15) is 4.88 Å². The lowest BCUT2D eigenvalue weighted by molar-refractivity contribution is 0.600. The fourth-order valence-corrected chi connectivity index (χ4v) is 3.64. The van der Waals surface area contributed by atoms with Crippen LogP contribution in [-0.2, 0) is 16.6 Å². The van der Waals surface area contributed by atoms with Crippen molar-refractivity contribution in [2.24, 2.45) is 5.73 Å². The molecule has 0 bridgehead atoms. The van der Waals surface area contributed by atoms with E-state index in [9.17, 15) is 8.42 Å². The Morgan fingerprint density at radius 3 is 2.71 bits per heavy atom. The molecule has 3 N–H and O–H groups in total. The largest absolute Gasteiger partial charge is 0.326 e. The maximum atomic E-state index is 12.0. The third-order valence-corrected chi connectivity index (χ3v) is 4.53. The SMILES string of the molecule is NCc1sccc1S(=O)(=O)Nc1cncnc1. The van der Waals surface area contributed by atoms with Crippen molar-refractivity contribution in [3.05, 3.63) is 35.0 Å². The normalized spacial score (nSPS) is 11.4. The fraction of sp³-hybridized carbons (Fsp3) is 0.111. The highest BCUT2D eigenvalue weighted by Crippen LogP contribution is 2.23. The average molecular weight is 270 g/mol. The van der Waals surface area contributed by atoms with E-state index < -0.39 is 10.0 Å². The Morgan fingerprint density at radius 2 is 2.06 bits per heavy atom. The Balaban J connectivity index is 2.32. The van der Waals surface area contributed by atoms with Crippen LogP contribution >= 0.6 is 11.3 Å². The number of nitrogens with zero attached hydrogens (tertiary/aromatic N) is 2. The minimum absolute atomic E-state index is 0.194. The molecule has 2 aromatic rings. The summed E-state index contributed by atoms with van der Waals surface area (Å²) in [6.07, 6.45) is 4.10. The van der Waals surface area contributed by atoms with Crippen molar-refractivity contribution in [1.82, 2.24) is 9.97 Å². The summed E-state index contributed by atoms with van der Waals surface area (Å²) in [4.78, 5) is 8.29. The van der Waals surface area contributed by atoms with Crippen molar-refractivity contribution in [1.29, 1.82) is 0 Å². The van der Waals surface area contributed by atoms with Crippen LogP contribution in [0.5, 0.6) is 0 Å². The molecule has 0 amide bonds. The minimum atomic E-state index is -3.61. The van der Waals surface area contributed by atoms with E-state index in [0.717, 1.165) is 0 Å². The van der Waals surface area contributed by atoms with Gasteiger partial charge in [0, 0.05) is 11.4 Å². The van der Waals surface area contributed by atoms with Gasteiger partial charge in [0.25, 0.3) is 10.0 Å². The average Bonchev–Trinajstić information content (AvgIpc) is 2.78. The first kappa shape index (κ1) is 12.0. The Labute approximate surface area is 103 Å². The van der Waals surface area contributed by atoms with Gasteiger partial charge in [-0.25, -0.2) is 18.4 Å². The molecule has 0 saturated carbocycles. The molecular weight excluding hydrogens is 260 g/mol. The second-order valence-corrected chi connectivity index (χ2v) is 5.80. The van der Waals surface area contributed by atoms with Gasteiger partial charge in [0.05, 0.1) is 18.1 Å². The topological polar surface area (TPSA) is 98.0 Å². The van der Waals surface area contributed by atoms with Gasteiger partial charge in [-0.15, -0.1) is 11.3 Å². The monoisotopic (exact) mass is 270 g/mol. The number of nitrogens with two attached hydrogens (primary N) is 1. The summed E-state index contributed by atoms with van der Waals surface area (Å²) >= 11 is 1.31. The summed E-state index contributed by atoms with van der Waals surface area (Å²) in [5, 5.41) is 1.69. The Morgan fingerprint density at radius 1 is 1.35 bits per heavy atom. The van der Waals surface area contributed by atoms with Gasteiger partial charge in [-0.2, -0.15) is 0 Å². The maximum Gasteiger partial charge on any atom is 0.263 e. The molecule has 0 aliphatic heterocycles. The number of thiophene rings is 1. The number of hydrogen-bond donors (Lipinski definition) is 2. The summed E-state index contributed by atoms with van der Waals surface area (Å²) in [7, 11) is -3.61. The third-order valence-electron chi connectivity index (χ3n) is 1.99. The first-order valence-corrected chi connectivity index (χ1v) is 7.04. The zero-order valence-corrected chi connectivity index (χ0v) is 10.3. The highest BCUT2D eigenvalue weighted by molar-refractivity contribution is 7.93. The van der Waals surface area contributed by atoms with E-state index in [2.05, 4.69) is 14.7 Å². The molecule has 2 heterocycles. The van der Waals surface area contributed by atoms with E-state index in [1.165, 1.54) is 36.1 Å². The quantitative estimate of drug-likeness (QED) is 0.856. The number of hydrogen-bond acceptors (Lipinski definition) is 6. The van der Waals surface area contributed by atoms with Crippen LogP contribution in [0, 0.1) is 0 Å². The Hall–Kier alpha value is -1.51. The molecule has 2 rings (SSSR count). The Kier molecular flexibility index (Phi) is 3.36. The number of rotatable bonds is 4. The van der Waals surface area contributed by atoms with Crippen molar-refractivity contribution in [3.63, 3.8) is 0 Å². The summed E-state index contributed by atoms with van der Waals surface area (Å²) in [6.45, 7) is 0.194. The fourth-order valence-electron chi connectivity index (χ4n) is 1.28. The van der Waals surface area contributed by atoms with E-state index in [0.29, 0.717) is 10.6 Å². The Bertz CT molecular complexity index is 594. The van der Waals surface area contributed by atoms with Crippen LogP contribution in [0.3, 0.4) is 0 Å². The van der Waals surface area contributed by atoms with Gasteiger partial charge in [0.1, 0.15) is 11.2 Å². The number of anilines is 1. The molecule has 0 saturated heterocycles. The second-order valence-electron chi connectivity index (χ2n) is 3.14. The van der Waals surface area contributed by atoms with Gasteiger partial charge < -0.3 is 5.73 Å². The summed E-state index contributed by atoms with van der Waals surface area (Å²) < 4.78 is 26.4. The van der Waals surface area contributed by atoms with Gasteiger partial charge in [-0.3, -0.25) is 4.72 Å². The molecule has 0 aromatic carbocycles. The standard InChI is InChI=1S/C9H10N4O2S2/c10-3-8-9(1-2-16-8)17(14,15)13-7-4-11-6-12-5-7/h1-2,4-6,13H,3,10H2. The van der Waals surface area contributed by atoms with Crippen LogP contribution in [-0.4, -0.2) is 18.4 Å².